The van der Waals surface area contributed by atoms with Crippen LogP contribution in [0.15, 0.2) is 48.5 Å². The van der Waals surface area contributed by atoms with Gasteiger partial charge in [0.05, 0.1) is 12.2 Å². The lowest BCUT2D eigenvalue weighted by molar-refractivity contribution is 0.0784. The van der Waals surface area contributed by atoms with Gasteiger partial charge in [-0.1, -0.05) is 48.9 Å². The molecule has 0 bridgehead atoms. The van der Waals surface area contributed by atoms with Crippen molar-refractivity contribution in [2.75, 3.05) is 19.7 Å². The maximum Gasteiger partial charge on any atom is 0.257 e. The summed E-state index contributed by atoms with van der Waals surface area (Å²) in [5, 5.41) is 0.523. The van der Waals surface area contributed by atoms with E-state index in [1.54, 1.807) is 23.1 Å². The number of halogens is 1. The molecule has 3 rings (SSSR count). The highest BCUT2D eigenvalue weighted by atomic mass is 35.5. The number of carbonyl (C=O) groups excluding carboxylic acids is 1. The SMILES string of the molecule is CCCOc1ccc(Cl)cc1C(=O)N1C[C@@H](N)[C@H](c2ccccc2)C1. The van der Waals surface area contributed by atoms with Gasteiger partial charge < -0.3 is 15.4 Å². The van der Waals surface area contributed by atoms with Crippen LogP contribution in [0.1, 0.15) is 35.2 Å². The van der Waals surface area contributed by atoms with Crippen LogP contribution >= 0.6 is 11.6 Å². The lowest BCUT2D eigenvalue weighted by Gasteiger charge is -2.19. The predicted molar refractivity (Wildman–Crippen MR) is 100 cm³/mol. The summed E-state index contributed by atoms with van der Waals surface area (Å²) < 4.78 is 5.72. The maximum absolute atomic E-state index is 13.0. The zero-order valence-electron chi connectivity index (χ0n) is 14.3. The van der Waals surface area contributed by atoms with Crippen molar-refractivity contribution in [3.8, 4) is 5.75 Å². The summed E-state index contributed by atoms with van der Waals surface area (Å²) in [6.07, 6.45) is 0.876. The second kappa shape index (κ2) is 7.89. The fraction of sp³-hybridized carbons (Fsp3) is 0.350. The molecule has 2 atom stereocenters. The molecule has 5 heteroatoms. The molecule has 0 aliphatic carbocycles. The Hall–Kier alpha value is -2.04. The Labute approximate surface area is 153 Å². The molecule has 2 N–H and O–H groups in total. The molecule has 4 nitrogen and oxygen atoms in total. The molecule has 1 heterocycles. The zero-order chi connectivity index (χ0) is 17.8. The number of hydrogen-bond donors (Lipinski definition) is 1. The van der Waals surface area contributed by atoms with E-state index < -0.39 is 0 Å². The molecular formula is C20H23ClN2O2. The smallest absolute Gasteiger partial charge is 0.257 e. The van der Waals surface area contributed by atoms with Crippen molar-refractivity contribution in [3.05, 3.63) is 64.7 Å². The molecule has 2 aromatic carbocycles. The number of nitrogens with zero attached hydrogens (tertiary/aromatic N) is 1. The summed E-state index contributed by atoms with van der Waals surface area (Å²) >= 11 is 6.10. The second-order valence-electron chi connectivity index (χ2n) is 6.38. The molecule has 0 spiro atoms. The molecule has 132 valence electrons. The first-order valence-corrected chi connectivity index (χ1v) is 9.00. The predicted octanol–water partition coefficient (Wildman–Crippen LogP) is 3.70. The third kappa shape index (κ3) is 3.97. The Bertz CT molecular complexity index is 736. The van der Waals surface area contributed by atoms with E-state index in [4.69, 9.17) is 22.1 Å². The lowest BCUT2D eigenvalue weighted by atomic mass is 9.95. The first kappa shape index (κ1) is 17.8. The Morgan fingerprint density at radius 3 is 2.72 bits per heavy atom. The van der Waals surface area contributed by atoms with Crippen molar-refractivity contribution in [3.63, 3.8) is 0 Å². The van der Waals surface area contributed by atoms with Gasteiger partial charge in [-0.3, -0.25) is 4.79 Å². The van der Waals surface area contributed by atoms with Crippen molar-refractivity contribution in [1.82, 2.24) is 4.90 Å². The average Bonchev–Trinajstić information content (AvgIpc) is 3.02. The van der Waals surface area contributed by atoms with Crippen LogP contribution in [-0.2, 0) is 0 Å². The van der Waals surface area contributed by atoms with Crippen molar-refractivity contribution in [2.45, 2.75) is 25.3 Å². The summed E-state index contributed by atoms with van der Waals surface area (Å²) in [4.78, 5) is 14.8. The fourth-order valence-corrected chi connectivity index (χ4v) is 3.40. The lowest BCUT2D eigenvalue weighted by Crippen LogP contribution is -2.32. The average molecular weight is 359 g/mol. The van der Waals surface area contributed by atoms with Gasteiger partial charge in [-0.25, -0.2) is 0 Å². The topological polar surface area (TPSA) is 55.6 Å². The van der Waals surface area contributed by atoms with Crippen LogP contribution in [0.5, 0.6) is 5.75 Å². The van der Waals surface area contributed by atoms with Crippen LogP contribution in [0.4, 0.5) is 0 Å². The van der Waals surface area contributed by atoms with Crippen LogP contribution in [0.2, 0.25) is 5.02 Å². The van der Waals surface area contributed by atoms with E-state index >= 15 is 0 Å². The third-order valence-electron chi connectivity index (χ3n) is 4.51. The van der Waals surface area contributed by atoms with Crippen LogP contribution in [0.25, 0.3) is 0 Å². The minimum absolute atomic E-state index is 0.0782. The Kier molecular flexibility index (Phi) is 5.61. The van der Waals surface area contributed by atoms with Crippen LogP contribution < -0.4 is 10.5 Å². The first-order chi connectivity index (χ1) is 12.1. The zero-order valence-corrected chi connectivity index (χ0v) is 15.1. The maximum atomic E-state index is 13.0. The van der Waals surface area contributed by atoms with E-state index in [9.17, 15) is 4.79 Å². The molecule has 1 aliphatic rings. The van der Waals surface area contributed by atoms with Gasteiger partial charge in [0.25, 0.3) is 5.91 Å². The van der Waals surface area contributed by atoms with Crippen LogP contribution in [0, 0.1) is 0 Å². The summed E-state index contributed by atoms with van der Waals surface area (Å²) in [6, 6.07) is 15.2. The number of ether oxygens (including phenoxy) is 1. The van der Waals surface area contributed by atoms with Gasteiger partial charge in [0.15, 0.2) is 0 Å². The number of benzene rings is 2. The highest BCUT2D eigenvalue weighted by Gasteiger charge is 2.35. The molecule has 2 aromatic rings. The number of hydrogen-bond acceptors (Lipinski definition) is 3. The van der Waals surface area contributed by atoms with E-state index in [1.807, 2.05) is 25.1 Å². The monoisotopic (exact) mass is 358 g/mol. The van der Waals surface area contributed by atoms with Crippen LogP contribution in [-0.4, -0.2) is 36.5 Å². The number of rotatable bonds is 5. The molecule has 1 aliphatic heterocycles. The van der Waals surface area contributed by atoms with Crippen molar-refractivity contribution in [2.24, 2.45) is 5.73 Å². The summed E-state index contributed by atoms with van der Waals surface area (Å²) in [5.74, 6) is 0.639. The molecular weight excluding hydrogens is 336 g/mol. The Morgan fingerprint density at radius 1 is 1.24 bits per heavy atom. The first-order valence-electron chi connectivity index (χ1n) is 8.62. The summed E-state index contributed by atoms with van der Waals surface area (Å²) in [5.41, 5.74) is 7.98. The molecule has 1 fully saturated rings. The summed E-state index contributed by atoms with van der Waals surface area (Å²) in [7, 11) is 0. The molecule has 1 amide bonds. The molecule has 25 heavy (non-hydrogen) atoms. The number of amides is 1. The van der Waals surface area contributed by atoms with E-state index in [-0.39, 0.29) is 17.9 Å². The highest BCUT2D eigenvalue weighted by Crippen LogP contribution is 2.30. The van der Waals surface area contributed by atoms with E-state index in [0.29, 0.717) is 36.0 Å². The molecule has 0 saturated carbocycles. The standard InChI is InChI=1S/C20H23ClN2O2/c1-2-10-25-19-9-8-15(21)11-16(19)20(24)23-12-17(18(22)13-23)14-6-4-3-5-7-14/h3-9,11,17-18H,2,10,12-13,22H2,1H3/t17-,18+/m0/s1. The van der Waals surface area contributed by atoms with E-state index in [2.05, 4.69) is 12.1 Å². The minimum Gasteiger partial charge on any atom is -0.493 e. The fourth-order valence-electron chi connectivity index (χ4n) is 3.23. The van der Waals surface area contributed by atoms with Gasteiger partial charge in [-0.2, -0.15) is 0 Å². The van der Waals surface area contributed by atoms with E-state index in [1.165, 1.54) is 5.56 Å². The van der Waals surface area contributed by atoms with Gasteiger partial charge in [0.2, 0.25) is 0 Å². The Balaban J connectivity index is 1.81. The molecule has 0 radical (unpaired) electrons. The van der Waals surface area contributed by atoms with Gasteiger partial charge in [0.1, 0.15) is 5.75 Å². The Morgan fingerprint density at radius 2 is 2.00 bits per heavy atom. The molecule has 1 saturated heterocycles. The van der Waals surface area contributed by atoms with Crippen LogP contribution in [0.3, 0.4) is 0 Å². The van der Waals surface area contributed by atoms with E-state index in [0.717, 1.165) is 6.42 Å². The number of nitrogens with two attached hydrogens (primary N) is 1. The number of likely N-dealkylation sites (tertiary alicyclic amines) is 1. The number of carbonyl (C=O) groups is 1. The van der Waals surface area contributed by atoms with Gasteiger partial charge in [-0.15, -0.1) is 0 Å². The highest BCUT2D eigenvalue weighted by molar-refractivity contribution is 6.31. The minimum atomic E-state index is -0.0810. The molecule has 0 unspecified atom stereocenters. The quantitative estimate of drug-likeness (QED) is 0.886. The summed E-state index contributed by atoms with van der Waals surface area (Å²) in [6.45, 7) is 3.72. The van der Waals surface area contributed by atoms with Crippen molar-refractivity contribution >= 4 is 17.5 Å². The second-order valence-corrected chi connectivity index (χ2v) is 6.82. The normalized spacial score (nSPS) is 19.9. The van der Waals surface area contributed by atoms with Gasteiger partial charge >= 0.3 is 0 Å². The van der Waals surface area contributed by atoms with Crippen molar-refractivity contribution in [1.29, 1.82) is 0 Å². The third-order valence-corrected chi connectivity index (χ3v) is 4.75. The van der Waals surface area contributed by atoms with Gasteiger partial charge in [0, 0.05) is 30.1 Å². The van der Waals surface area contributed by atoms with Crippen molar-refractivity contribution < 1.29 is 9.53 Å². The molecule has 0 aromatic heterocycles. The van der Waals surface area contributed by atoms with Gasteiger partial charge in [-0.05, 0) is 30.2 Å². The largest absolute Gasteiger partial charge is 0.493 e.